The maximum absolute atomic E-state index is 13.0. The summed E-state index contributed by atoms with van der Waals surface area (Å²) in [4.78, 5) is 11.9. The van der Waals surface area contributed by atoms with Crippen LogP contribution in [0.1, 0.15) is 40.9 Å². The number of hydrogen-bond acceptors (Lipinski definition) is 3. The van der Waals surface area contributed by atoms with E-state index in [-0.39, 0.29) is 11.3 Å². The summed E-state index contributed by atoms with van der Waals surface area (Å²) in [7, 11) is 0. The summed E-state index contributed by atoms with van der Waals surface area (Å²) in [6.07, 6.45) is -4.65. The highest BCUT2D eigenvalue weighted by Gasteiger charge is 2.34. The van der Waals surface area contributed by atoms with Crippen LogP contribution in [0.4, 0.5) is 18.9 Å². The van der Waals surface area contributed by atoms with E-state index in [1.54, 1.807) is 37.3 Å². The Hall–Kier alpha value is -3.01. The van der Waals surface area contributed by atoms with Crippen LogP contribution >= 0.6 is 0 Å². The molecule has 0 spiro atoms. The number of nitrogens with one attached hydrogen (secondary N) is 2. The van der Waals surface area contributed by atoms with Gasteiger partial charge in [-0.05, 0) is 37.3 Å². The number of aryl methyl sites for hydroxylation is 1. The number of rotatable bonds is 3. The fourth-order valence-electron chi connectivity index (χ4n) is 1.94. The van der Waals surface area contributed by atoms with Gasteiger partial charge in [-0.2, -0.15) is 18.4 Å². The zero-order valence-electron chi connectivity index (χ0n) is 14.0. The maximum Gasteiger partial charge on any atom is 0.418 e. The average Bonchev–Trinajstić information content (AvgIpc) is 2.60. The molecule has 25 heavy (non-hydrogen) atoms. The van der Waals surface area contributed by atoms with Crippen LogP contribution in [-0.2, 0) is 6.18 Å². The number of nitriles is 1. The van der Waals surface area contributed by atoms with Crippen molar-refractivity contribution in [2.45, 2.75) is 26.9 Å². The second-order valence-corrected chi connectivity index (χ2v) is 4.82. The Kier molecular flexibility index (Phi) is 7.00. The van der Waals surface area contributed by atoms with Crippen LogP contribution in [0.15, 0.2) is 42.5 Å². The van der Waals surface area contributed by atoms with E-state index in [1.165, 1.54) is 6.07 Å². The van der Waals surface area contributed by atoms with Gasteiger partial charge in [-0.25, -0.2) is 0 Å². The molecule has 2 aromatic rings. The fourth-order valence-corrected chi connectivity index (χ4v) is 1.94. The molecule has 2 rings (SSSR count). The molecule has 132 valence electrons. The van der Waals surface area contributed by atoms with Gasteiger partial charge in [0, 0.05) is 5.56 Å². The Morgan fingerprint density at radius 1 is 1.12 bits per heavy atom. The Morgan fingerprint density at radius 3 is 2.36 bits per heavy atom. The van der Waals surface area contributed by atoms with Gasteiger partial charge in [0.1, 0.15) is 0 Å². The van der Waals surface area contributed by atoms with Gasteiger partial charge in [-0.3, -0.25) is 15.6 Å². The van der Waals surface area contributed by atoms with Crippen molar-refractivity contribution < 1.29 is 18.0 Å². The molecule has 0 saturated heterocycles. The average molecular weight is 349 g/mol. The molecule has 0 aromatic heterocycles. The Morgan fingerprint density at radius 2 is 1.80 bits per heavy atom. The van der Waals surface area contributed by atoms with Crippen LogP contribution in [-0.4, -0.2) is 5.91 Å². The number of benzene rings is 2. The maximum atomic E-state index is 13.0. The van der Waals surface area contributed by atoms with Crippen LogP contribution in [0.5, 0.6) is 0 Å². The number of alkyl halides is 3. The van der Waals surface area contributed by atoms with Crippen molar-refractivity contribution in [2.75, 3.05) is 5.43 Å². The largest absolute Gasteiger partial charge is 0.418 e. The number of anilines is 1. The van der Waals surface area contributed by atoms with E-state index in [0.717, 1.165) is 17.7 Å². The minimum atomic E-state index is -4.65. The lowest BCUT2D eigenvalue weighted by Crippen LogP contribution is -2.30. The van der Waals surface area contributed by atoms with Crippen LogP contribution < -0.4 is 10.9 Å². The Labute approximate surface area is 144 Å². The first-order valence-electron chi connectivity index (χ1n) is 7.55. The lowest BCUT2D eigenvalue weighted by molar-refractivity contribution is -0.137. The third-order valence-corrected chi connectivity index (χ3v) is 3.05. The van der Waals surface area contributed by atoms with Crippen molar-refractivity contribution in [1.29, 1.82) is 5.26 Å². The molecule has 0 atom stereocenters. The Bertz CT molecular complexity index is 780. The van der Waals surface area contributed by atoms with Gasteiger partial charge < -0.3 is 0 Å². The first-order chi connectivity index (χ1) is 11.8. The molecular formula is C18H18F3N3O. The molecular weight excluding hydrogens is 331 g/mol. The van der Waals surface area contributed by atoms with Crippen molar-refractivity contribution in [3.8, 4) is 6.07 Å². The van der Waals surface area contributed by atoms with Gasteiger partial charge in [0.15, 0.2) is 0 Å². The minimum Gasteiger partial charge on any atom is -0.298 e. The van der Waals surface area contributed by atoms with Gasteiger partial charge in [0.05, 0.1) is 22.9 Å². The van der Waals surface area contributed by atoms with Crippen molar-refractivity contribution in [2.24, 2.45) is 0 Å². The molecule has 2 N–H and O–H groups in total. The standard InChI is InChI=1S/C16H12F3N3O.C2H6/c1-10-3-2-4-12(7-10)15(23)22-21-14-6-5-11(9-20)8-13(14)16(17,18)19;1-2/h2-8,21H,1H3,(H,22,23);1-2H3. The highest BCUT2D eigenvalue weighted by atomic mass is 19.4. The molecule has 0 aliphatic carbocycles. The lowest BCUT2D eigenvalue weighted by Gasteiger charge is -2.15. The van der Waals surface area contributed by atoms with Gasteiger partial charge >= 0.3 is 6.18 Å². The van der Waals surface area contributed by atoms with Crippen molar-refractivity contribution in [1.82, 2.24) is 5.43 Å². The molecule has 0 unspecified atom stereocenters. The number of amides is 1. The summed E-state index contributed by atoms with van der Waals surface area (Å²) >= 11 is 0. The molecule has 0 saturated carbocycles. The molecule has 0 radical (unpaired) electrons. The first kappa shape index (κ1) is 20.0. The number of halogens is 3. The molecule has 4 nitrogen and oxygen atoms in total. The molecule has 0 aliphatic heterocycles. The zero-order valence-corrected chi connectivity index (χ0v) is 14.0. The lowest BCUT2D eigenvalue weighted by atomic mass is 10.1. The first-order valence-corrected chi connectivity index (χ1v) is 7.55. The zero-order chi connectivity index (χ0) is 19.0. The van der Waals surface area contributed by atoms with E-state index < -0.39 is 17.6 Å². The molecule has 7 heteroatoms. The number of carbonyl (C=O) groups is 1. The van der Waals surface area contributed by atoms with E-state index in [0.29, 0.717) is 5.56 Å². The van der Waals surface area contributed by atoms with Crippen molar-refractivity contribution in [3.05, 3.63) is 64.7 Å². The molecule has 0 fully saturated rings. The molecule has 0 heterocycles. The van der Waals surface area contributed by atoms with E-state index in [4.69, 9.17) is 5.26 Å². The van der Waals surface area contributed by atoms with Crippen molar-refractivity contribution in [3.63, 3.8) is 0 Å². The van der Waals surface area contributed by atoms with Crippen LogP contribution in [0.2, 0.25) is 0 Å². The van der Waals surface area contributed by atoms with Crippen molar-refractivity contribution >= 4 is 11.6 Å². The molecule has 0 bridgehead atoms. The predicted octanol–water partition coefficient (Wildman–Crippen LogP) is 4.67. The van der Waals surface area contributed by atoms with Crippen LogP contribution in [0.3, 0.4) is 0 Å². The van der Waals surface area contributed by atoms with Crippen LogP contribution in [0, 0.1) is 18.3 Å². The quantitative estimate of drug-likeness (QED) is 0.792. The monoisotopic (exact) mass is 349 g/mol. The second-order valence-electron chi connectivity index (χ2n) is 4.82. The summed E-state index contributed by atoms with van der Waals surface area (Å²) in [5.41, 5.74) is 4.17. The molecule has 0 aliphatic rings. The number of hydrazine groups is 1. The molecule has 2 aromatic carbocycles. The second kappa shape index (κ2) is 8.73. The topological polar surface area (TPSA) is 64.9 Å². The van der Waals surface area contributed by atoms with Gasteiger partial charge in [-0.15, -0.1) is 0 Å². The van der Waals surface area contributed by atoms with E-state index in [2.05, 4.69) is 10.9 Å². The summed E-state index contributed by atoms with van der Waals surface area (Å²) in [6, 6.07) is 11.3. The fraction of sp³-hybridized carbons (Fsp3) is 0.222. The Balaban J connectivity index is 0.00000151. The normalized spacial score (nSPS) is 10.1. The SMILES string of the molecule is CC.Cc1cccc(C(=O)NNc2ccc(C#N)cc2C(F)(F)F)c1. The number of nitrogens with zero attached hydrogens (tertiary/aromatic N) is 1. The smallest absolute Gasteiger partial charge is 0.298 e. The summed E-state index contributed by atoms with van der Waals surface area (Å²) in [5.74, 6) is -0.564. The van der Waals surface area contributed by atoms with E-state index in [9.17, 15) is 18.0 Å². The van der Waals surface area contributed by atoms with E-state index >= 15 is 0 Å². The summed E-state index contributed by atoms with van der Waals surface area (Å²) < 4.78 is 39.0. The summed E-state index contributed by atoms with van der Waals surface area (Å²) in [6.45, 7) is 5.80. The van der Waals surface area contributed by atoms with Gasteiger partial charge in [-0.1, -0.05) is 31.5 Å². The third-order valence-electron chi connectivity index (χ3n) is 3.05. The highest BCUT2D eigenvalue weighted by Crippen LogP contribution is 2.35. The number of carbonyl (C=O) groups excluding carboxylic acids is 1. The molecule has 1 amide bonds. The van der Waals surface area contributed by atoms with Gasteiger partial charge in [0.25, 0.3) is 5.91 Å². The highest BCUT2D eigenvalue weighted by molar-refractivity contribution is 5.95. The summed E-state index contributed by atoms with van der Waals surface area (Å²) in [5, 5.41) is 8.70. The number of hydrogen-bond donors (Lipinski definition) is 2. The minimum absolute atomic E-state index is 0.118. The van der Waals surface area contributed by atoms with E-state index in [1.807, 2.05) is 13.8 Å². The third kappa shape index (κ3) is 5.53. The van der Waals surface area contributed by atoms with Crippen LogP contribution in [0.25, 0.3) is 0 Å². The van der Waals surface area contributed by atoms with Gasteiger partial charge in [0.2, 0.25) is 0 Å². The predicted molar refractivity (Wildman–Crippen MR) is 89.8 cm³/mol.